The van der Waals surface area contributed by atoms with Crippen LogP contribution in [-0.2, 0) is 5.41 Å². The van der Waals surface area contributed by atoms with Crippen molar-refractivity contribution < 1.29 is 4.74 Å². The number of rotatable bonds is 9. The third kappa shape index (κ3) is 4.51. The molecule has 2 aromatic rings. The van der Waals surface area contributed by atoms with Crippen LogP contribution in [0.15, 0.2) is 60.7 Å². The van der Waals surface area contributed by atoms with Gasteiger partial charge >= 0.3 is 0 Å². The van der Waals surface area contributed by atoms with Gasteiger partial charge in [-0.3, -0.25) is 0 Å². The lowest BCUT2D eigenvalue weighted by Crippen LogP contribution is -2.44. The minimum atomic E-state index is 0.455. The first kappa shape index (κ1) is 21.2. The first-order chi connectivity index (χ1) is 14.7. The third-order valence-corrected chi connectivity index (χ3v) is 7.84. The maximum absolute atomic E-state index is 5.81. The van der Waals surface area contributed by atoms with Crippen LogP contribution in [0.5, 0.6) is 5.75 Å². The molecule has 0 heterocycles. The Hall–Kier alpha value is -2.02. The number of allylic oxidation sites excluding steroid dienone is 1. The van der Waals surface area contributed by atoms with Gasteiger partial charge in [-0.1, -0.05) is 75.2 Å². The van der Waals surface area contributed by atoms with Crippen molar-refractivity contribution in [2.24, 2.45) is 5.41 Å². The van der Waals surface area contributed by atoms with Crippen molar-refractivity contribution in [3.05, 3.63) is 66.2 Å². The maximum Gasteiger partial charge on any atom is 0.119 e. The van der Waals surface area contributed by atoms with Crippen LogP contribution in [0.4, 0.5) is 0 Å². The lowest BCUT2D eigenvalue weighted by molar-refractivity contribution is 0.0320. The summed E-state index contributed by atoms with van der Waals surface area (Å²) in [5, 5.41) is 0. The largest absolute Gasteiger partial charge is 0.490 e. The summed E-state index contributed by atoms with van der Waals surface area (Å²) in [5.41, 5.74) is 5.29. The molecule has 1 nitrogen and oxygen atoms in total. The molecule has 3 aliphatic carbocycles. The van der Waals surface area contributed by atoms with Gasteiger partial charge in [0.15, 0.2) is 0 Å². The lowest BCUT2D eigenvalue weighted by atomic mass is 9.51. The van der Waals surface area contributed by atoms with Gasteiger partial charge in [0.2, 0.25) is 0 Å². The Bertz CT molecular complexity index is 803. The van der Waals surface area contributed by atoms with Crippen molar-refractivity contribution in [1.82, 2.24) is 0 Å². The van der Waals surface area contributed by atoms with E-state index in [1.165, 1.54) is 68.9 Å². The fourth-order valence-electron chi connectivity index (χ4n) is 5.86. The molecular weight excluding hydrogens is 364 g/mol. The normalized spacial score (nSPS) is 25.7. The highest BCUT2D eigenvalue weighted by atomic mass is 16.5. The van der Waals surface area contributed by atoms with Crippen LogP contribution in [-0.4, -0.2) is 6.61 Å². The summed E-state index contributed by atoms with van der Waals surface area (Å²) in [6.45, 7) is 5.20. The SMILES string of the molecule is CCCC=CCOc1ccc(-c2ccc(C34CCC(CCC)(CC3)CC4)cc2)cc1. The van der Waals surface area contributed by atoms with Crippen molar-refractivity contribution in [2.45, 2.75) is 83.5 Å². The lowest BCUT2D eigenvalue weighted by Gasteiger charge is -2.54. The van der Waals surface area contributed by atoms with E-state index < -0.39 is 0 Å². The molecule has 0 saturated heterocycles. The smallest absolute Gasteiger partial charge is 0.119 e. The van der Waals surface area contributed by atoms with Crippen LogP contribution in [0, 0.1) is 5.41 Å². The Balaban J connectivity index is 1.38. The molecule has 0 radical (unpaired) electrons. The van der Waals surface area contributed by atoms with E-state index in [0.29, 0.717) is 17.4 Å². The molecular formula is C29H38O. The topological polar surface area (TPSA) is 9.23 Å². The molecule has 0 aromatic heterocycles. The molecule has 1 heteroatoms. The zero-order valence-corrected chi connectivity index (χ0v) is 19.0. The summed E-state index contributed by atoms with van der Waals surface area (Å²) in [6, 6.07) is 18.0. The fraction of sp³-hybridized carbons (Fsp3) is 0.517. The summed E-state index contributed by atoms with van der Waals surface area (Å²) in [7, 11) is 0. The highest BCUT2D eigenvalue weighted by Crippen LogP contribution is 2.59. The van der Waals surface area contributed by atoms with E-state index in [4.69, 9.17) is 4.74 Å². The number of hydrogen-bond acceptors (Lipinski definition) is 1. The molecule has 3 saturated carbocycles. The molecule has 0 unspecified atom stereocenters. The Morgan fingerprint density at radius 1 is 0.733 bits per heavy atom. The monoisotopic (exact) mass is 402 g/mol. The van der Waals surface area contributed by atoms with Gasteiger partial charge in [0.25, 0.3) is 0 Å². The van der Waals surface area contributed by atoms with E-state index in [0.717, 1.165) is 12.2 Å². The number of unbranched alkanes of at least 4 members (excludes halogenated alkanes) is 1. The zero-order chi connectivity index (χ0) is 20.9. The van der Waals surface area contributed by atoms with E-state index in [2.05, 4.69) is 74.5 Å². The van der Waals surface area contributed by atoms with Crippen LogP contribution in [0.2, 0.25) is 0 Å². The van der Waals surface area contributed by atoms with Crippen LogP contribution >= 0.6 is 0 Å². The van der Waals surface area contributed by atoms with E-state index >= 15 is 0 Å². The summed E-state index contributed by atoms with van der Waals surface area (Å²) in [5.74, 6) is 0.940. The molecule has 30 heavy (non-hydrogen) atoms. The standard InChI is InChI=1S/C29H38O/c1-3-5-6-7-23-30-27-14-10-25(11-15-27)24-8-12-26(13-9-24)29-20-17-28(16-4-2,18-21-29)19-22-29/h6-15H,3-5,16-23H2,1-2H3. The second-order valence-electron chi connectivity index (χ2n) is 9.70. The van der Waals surface area contributed by atoms with E-state index in [9.17, 15) is 0 Å². The second-order valence-corrected chi connectivity index (χ2v) is 9.70. The number of benzene rings is 2. The van der Waals surface area contributed by atoms with Gasteiger partial charge < -0.3 is 4.74 Å². The van der Waals surface area contributed by atoms with Gasteiger partial charge in [0.05, 0.1) is 0 Å². The van der Waals surface area contributed by atoms with E-state index in [1.807, 2.05) is 0 Å². The average molecular weight is 403 g/mol. The maximum atomic E-state index is 5.81. The summed E-state index contributed by atoms with van der Waals surface area (Å²) >= 11 is 0. The first-order valence-corrected chi connectivity index (χ1v) is 12.2. The molecule has 5 rings (SSSR count). The Morgan fingerprint density at radius 2 is 1.33 bits per heavy atom. The van der Waals surface area contributed by atoms with Crippen molar-refractivity contribution in [3.63, 3.8) is 0 Å². The highest BCUT2D eigenvalue weighted by Gasteiger charge is 2.48. The number of ether oxygens (including phenoxy) is 1. The number of hydrogen-bond donors (Lipinski definition) is 0. The summed E-state index contributed by atoms with van der Waals surface area (Å²) < 4.78 is 5.81. The predicted molar refractivity (Wildman–Crippen MR) is 128 cm³/mol. The van der Waals surface area contributed by atoms with Gasteiger partial charge in [-0.2, -0.15) is 0 Å². The van der Waals surface area contributed by atoms with Crippen molar-refractivity contribution in [2.75, 3.05) is 6.61 Å². The van der Waals surface area contributed by atoms with Gasteiger partial charge in [0, 0.05) is 0 Å². The zero-order valence-electron chi connectivity index (χ0n) is 19.0. The molecule has 0 N–H and O–H groups in total. The van der Waals surface area contributed by atoms with Crippen LogP contribution in [0.3, 0.4) is 0 Å². The molecule has 0 spiro atoms. The Kier molecular flexibility index (Phi) is 6.66. The first-order valence-electron chi connectivity index (χ1n) is 12.2. The molecule has 2 aromatic carbocycles. The summed E-state index contributed by atoms with van der Waals surface area (Å²) in [4.78, 5) is 0. The molecule has 0 atom stereocenters. The van der Waals surface area contributed by atoms with E-state index in [1.54, 1.807) is 5.56 Å². The van der Waals surface area contributed by atoms with Crippen molar-refractivity contribution in [1.29, 1.82) is 0 Å². The fourth-order valence-corrected chi connectivity index (χ4v) is 5.86. The molecule has 0 amide bonds. The average Bonchev–Trinajstić information content (AvgIpc) is 2.81. The Morgan fingerprint density at radius 3 is 1.90 bits per heavy atom. The molecule has 160 valence electrons. The molecule has 0 aliphatic heterocycles. The quantitative estimate of drug-likeness (QED) is 0.382. The van der Waals surface area contributed by atoms with Crippen LogP contribution in [0.1, 0.15) is 83.6 Å². The van der Waals surface area contributed by atoms with E-state index in [-0.39, 0.29) is 0 Å². The summed E-state index contributed by atoms with van der Waals surface area (Å²) in [6.07, 6.45) is 17.9. The van der Waals surface area contributed by atoms with Gasteiger partial charge in [-0.25, -0.2) is 0 Å². The van der Waals surface area contributed by atoms with Crippen molar-refractivity contribution >= 4 is 0 Å². The molecule has 2 bridgehead atoms. The minimum absolute atomic E-state index is 0.455. The van der Waals surface area contributed by atoms with Crippen LogP contribution < -0.4 is 4.74 Å². The predicted octanol–water partition coefficient (Wildman–Crippen LogP) is 8.48. The van der Waals surface area contributed by atoms with Gasteiger partial charge in [0.1, 0.15) is 12.4 Å². The minimum Gasteiger partial charge on any atom is -0.490 e. The van der Waals surface area contributed by atoms with Crippen LogP contribution in [0.25, 0.3) is 11.1 Å². The van der Waals surface area contributed by atoms with Crippen molar-refractivity contribution in [3.8, 4) is 16.9 Å². The molecule has 3 aliphatic rings. The Labute approximate surface area is 183 Å². The molecule has 3 fully saturated rings. The number of fused-ring (bicyclic) bond motifs is 3. The second kappa shape index (κ2) is 9.41. The third-order valence-electron chi connectivity index (χ3n) is 7.84. The van der Waals surface area contributed by atoms with Gasteiger partial charge in [-0.15, -0.1) is 0 Å². The van der Waals surface area contributed by atoms with Gasteiger partial charge in [-0.05, 0) is 91.0 Å². The highest BCUT2D eigenvalue weighted by molar-refractivity contribution is 5.64.